The molecule has 0 fully saturated rings. The van der Waals surface area contributed by atoms with Crippen molar-refractivity contribution in [3.8, 4) is 11.5 Å². The van der Waals surface area contributed by atoms with Gasteiger partial charge in [0.1, 0.15) is 0 Å². The lowest BCUT2D eigenvalue weighted by molar-refractivity contribution is 0.248. The zero-order valence-corrected chi connectivity index (χ0v) is 16.0. The molecule has 1 heterocycles. The molecule has 0 radical (unpaired) electrons. The van der Waals surface area contributed by atoms with Crippen LogP contribution in [0.3, 0.4) is 0 Å². The molecule has 1 aromatic heterocycles. The Morgan fingerprint density at radius 2 is 1.83 bits per heavy atom. The van der Waals surface area contributed by atoms with E-state index in [0.29, 0.717) is 23.1 Å². The minimum absolute atomic E-state index is 0.212. The van der Waals surface area contributed by atoms with Gasteiger partial charge in [0.2, 0.25) is 0 Å². The van der Waals surface area contributed by atoms with Crippen LogP contribution < -0.4 is 9.47 Å². The third kappa shape index (κ3) is 3.97. The van der Waals surface area contributed by atoms with Gasteiger partial charge in [-0.15, -0.1) is 11.3 Å². The fourth-order valence-electron chi connectivity index (χ4n) is 2.56. The Hall–Kier alpha value is -1.30. The summed E-state index contributed by atoms with van der Waals surface area (Å²) >= 11 is 8.13. The number of methoxy groups -OCH3 is 2. The van der Waals surface area contributed by atoms with Gasteiger partial charge < -0.3 is 9.47 Å². The molecule has 23 heavy (non-hydrogen) atoms. The van der Waals surface area contributed by atoms with Crippen molar-refractivity contribution in [2.24, 2.45) is 0 Å². The van der Waals surface area contributed by atoms with E-state index >= 15 is 0 Å². The molecule has 0 saturated carbocycles. The summed E-state index contributed by atoms with van der Waals surface area (Å²) in [5.41, 5.74) is 2.13. The number of ether oxygens (including phenoxy) is 2. The largest absolute Gasteiger partial charge is 0.493 e. The first kappa shape index (κ1) is 18.0. The van der Waals surface area contributed by atoms with E-state index in [1.54, 1.807) is 31.6 Å². The lowest BCUT2D eigenvalue weighted by Crippen LogP contribution is -2.23. The van der Waals surface area contributed by atoms with Crippen molar-refractivity contribution in [1.29, 1.82) is 0 Å². The van der Waals surface area contributed by atoms with Crippen molar-refractivity contribution in [3.63, 3.8) is 0 Å². The van der Waals surface area contributed by atoms with E-state index in [2.05, 4.69) is 30.8 Å². The Labute approximate surface area is 147 Å². The number of aryl methyl sites for hydroxylation is 2. The van der Waals surface area contributed by atoms with Crippen LogP contribution in [0.2, 0.25) is 5.02 Å². The number of benzene rings is 1. The zero-order chi connectivity index (χ0) is 17.1. The molecule has 1 aromatic carbocycles. The van der Waals surface area contributed by atoms with Gasteiger partial charge >= 0.3 is 0 Å². The lowest BCUT2D eigenvalue weighted by atomic mass is 10.1. The second-order valence-corrected chi connectivity index (χ2v) is 7.38. The topological polar surface area (TPSA) is 34.6 Å². The van der Waals surface area contributed by atoms with E-state index in [1.807, 2.05) is 13.0 Å². The van der Waals surface area contributed by atoms with Crippen LogP contribution in [0, 0.1) is 13.8 Å². The van der Waals surface area contributed by atoms with Gasteiger partial charge in [0.15, 0.2) is 11.5 Å². The first-order chi connectivity index (χ1) is 10.9. The number of thiazole rings is 1. The Balaban J connectivity index is 2.22. The first-order valence-electron chi connectivity index (χ1n) is 7.42. The minimum atomic E-state index is 0.212. The predicted octanol–water partition coefficient (Wildman–Crippen LogP) is 4.62. The van der Waals surface area contributed by atoms with Gasteiger partial charge in [0.05, 0.1) is 31.0 Å². The minimum Gasteiger partial charge on any atom is -0.493 e. The summed E-state index contributed by atoms with van der Waals surface area (Å²) in [5.74, 6) is 1.33. The van der Waals surface area contributed by atoms with Crippen LogP contribution in [0.1, 0.15) is 34.1 Å². The average Bonchev–Trinajstić information content (AvgIpc) is 2.86. The Morgan fingerprint density at radius 3 is 2.35 bits per heavy atom. The standard InChI is InChI=1S/C17H23ClN2O2S/c1-10(17-11(2)23-12(3)19-17)20(4)9-13-7-15(21-5)16(22-6)8-14(13)18/h7-8,10H,9H2,1-6H3/t10-/m0/s1. The van der Waals surface area contributed by atoms with E-state index < -0.39 is 0 Å². The van der Waals surface area contributed by atoms with Crippen LogP contribution in [0.5, 0.6) is 11.5 Å². The van der Waals surface area contributed by atoms with E-state index in [0.717, 1.165) is 16.3 Å². The number of halogens is 1. The van der Waals surface area contributed by atoms with Crippen LogP contribution in [-0.2, 0) is 6.54 Å². The highest BCUT2D eigenvalue weighted by atomic mass is 35.5. The molecule has 2 aromatic rings. The van der Waals surface area contributed by atoms with Crippen molar-refractivity contribution in [3.05, 3.63) is 38.3 Å². The normalized spacial score (nSPS) is 12.5. The van der Waals surface area contributed by atoms with Crippen molar-refractivity contribution in [2.45, 2.75) is 33.4 Å². The monoisotopic (exact) mass is 354 g/mol. The first-order valence-corrected chi connectivity index (χ1v) is 8.61. The van der Waals surface area contributed by atoms with Gasteiger partial charge in [-0.3, -0.25) is 4.90 Å². The molecule has 2 rings (SSSR count). The van der Waals surface area contributed by atoms with Crippen LogP contribution >= 0.6 is 22.9 Å². The summed E-state index contributed by atoms with van der Waals surface area (Å²) in [6.07, 6.45) is 0. The summed E-state index contributed by atoms with van der Waals surface area (Å²) in [6.45, 7) is 7.03. The van der Waals surface area contributed by atoms with E-state index in [4.69, 9.17) is 21.1 Å². The molecule has 0 spiro atoms. The molecule has 0 bridgehead atoms. The van der Waals surface area contributed by atoms with Crippen LogP contribution in [0.15, 0.2) is 12.1 Å². The maximum absolute atomic E-state index is 6.39. The van der Waals surface area contributed by atoms with Gasteiger partial charge in [0, 0.05) is 22.5 Å². The van der Waals surface area contributed by atoms with E-state index in [1.165, 1.54) is 4.88 Å². The Kier molecular flexibility index (Phi) is 5.89. The summed E-state index contributed by atoms with van der Waals surface area (Å²) in [4.78, 5) is 8.15. The van der Waals surface area contributed by atoms with Crippen LogP contribution in [-0.4, -0.2) is 31.2 Å². The van der Waals surface area contributed by atoms with Gasteiger partial charge in [0.25, 0.3) is 0 Å². The number of hydrogen-bond donors (Lipinski definition) is 0. The van der Waals surface area contributed by atoms with Crippen LogP contribution in [0.4, 0.5) is 0 Å². The SMILES string of the molecule is COc1cc(Cl)c(CN(C)[C@@H](C)c2nc(C)sc2C)cc1OC. The molecule has 6 heteroatoms. The Bertz CT molecular complexity index is 687. The van der Waals surface area contributed by atoms with Crippen LogP contribution in [0.25, 0.3) is 0 Å². The summed E-state index contributed by atoms with van der Waals surface area (Å²) in [5, 5.41) is 1.77. The molecular formula is C17H23ClN2O2S. The van der Waals surface area contributed by atoms with Gasteiger partial charge in [-0.25, -0.2) is 4.98 Å². The highest BCUT2D eigenvalue weighted by Crippen LogP contribution is 2.35. The predicted molar refractivity (Wildman–Crippen MR) is 96.0 cm³/mol. The number of hydrogen-bond acceptors (Lipinski definition) is 5. The molecule has 0 aliphatic heterocycles. The second kappa shape index (κ2) is 7.51. The molecular weight excluding hydrogens is 332 g/mol. The van der Waals surface area contributed by atoms with E-state index in [-0.39, 0.29) is 6.04 Å². The van der Waals surface area contributed by atoms with E-state index in [9.17, 15) is 0 Å². The third-order valence-corrected chi connectivity index (χ3v) is 5.22. The quantitative estimate of drug-likeness (QED) is 0.757. The summed E-state index contributed by atoms with van der Waals surface area (Å²) in [6, 6.07) is 3.94. The zero-order valence-electron chi connectivity index (χ0n) is 14.4. The highest BCUT2D eigenvalue weighted by molar-refractivity contribution is 7.11. The fraction of sp³-hybridized carbons (Fsp3) is 0.471. The molecule has 0 N–H and O–H groups in total. The molecule has 0 saturated heterocycles. The third-order valence-electron chi connectivity index (χ3n) is 3.97. The molecule has 1 atom stereocenters. The number of aromatic nitrogens is 1. The average molecular weight is 355 g/mol. The second-order valence-electron chi connectivity index (χ2n) is 5.56. The lowest BCUT2D eigenvalue weighted by Gasteiger charge is -2.25. The molecule has 4 nitrogen and oxygen atoms in total. The molecule has 0 unspecified atom stereocenters. The summed E-state index contributed by atoms with van der Waals surface area (Å²) in [7, 11) is 5.31. The van der Waals surface area contributed by atoms with Gasteiger partial charge in [-0.2, -0.15) is 0 Å². The van der Waals surface area contributed by atoms with Crippen molar-refractivity contribution in [1.82, 2.24) is 9.88 Å². The fourth-order valence-corrected chi connectivity index (χ4v) is 3.69. The molecule has 0 aliphatic rings. The highest BCUT2D eigenvalue weighted by Gasteiger charge is 2.19. The molecule has 0 aliphatic carbocycles. The summed E-state index contributed by atoms with van der Waals surface area (Å²) < 4.78 is 10.6. The number of rotatable bonds is 6. The molecule has 126 valence electrons. The maximum Gasteiger partial charge on any atom is 0.162 e. The maximum atomic E-state index is 6.39. The Morgan fingerprint density at radius 1 is 1.22 bits per heavy atom. The number of nitrogens with zero attached hydrogens (tertiary/aromatic N) is 2. The van der Waals surface area contributed by atoms with Crippen molar-refractivity contribution < 1.29 is 9.47 Å². The molecule has 0 amide bonds. The smallest absolute Gasteiger partial charge is 0.162 e. The van der Waals surface area contributed by atoms with Gasteiger partial charge in [-0.05, 0) is 39.4 Å². The van der Waals surface area contributed by atoms with Crippen molar-refractivity contribution in [2.75, 3.05) is 21.3 Å². The van der Waals surface area contributed by atoms with Gasteiger partial charge in [-0.1, -0.05) is 11.6 Å². The van der Waals surface area contributed by atoms with Crippen molar-refractivity contribution >= 4 is 22.9 Å².